The summed E-state index contributed by atoms with van der Waals surface area (Å²) in [6, 6.07) is 7.01. The maximum atomic E-state index is 12.6. The first-order valence-corrected chi connectivity index (χ1v) is 10.0. The van der Waals surface area contributed by atoms with Crippen LogP contribution in [0.2, 0.25) is 0 Å². The molecule has 30 heavy (non-hydrogen) atoms. The number of hydrogen-bond donors (Lipinski definition) is 2. The lowest BCUT2D eigenvalue weighted by atomic mass is 10.0. The standard InChI is InChI=1S/C21H22N6O3/c22-19(28)15-9-14-10-16(11-15)30-8-7-26(21(29)13-1-2-13)6-4-23-18-3-5-27-20(25-18)17(14)12-24-27/h3,5,9-13H,1-2,4,6-8H2,(H2,22,28)(H,23,25). The fourth-order valence-corrected chi connectivity index (χ4v) is 3.66. The van der Waals surface area contributed by atoms with E-state index >= 15 is 0 Å². The topological polar surface area (TPSA) is 115 Å². The van der Waals surface area contributed by atoms with Crippen molar-refractivity contribution in [1.29, 1.82) is 0 Å². The molecule has 0 atom stereocenters. The quantitative estimate of drug-likeness (QED) is 0.667. The second-order valence-electron chi connectivity index (χ2n) is 7.62. The fourth-order valence-electron chi connectivity index (χ4n) is 3.66. The highest BCUT2D eigenvalue weighted by Crippen LogP contribution is 2.31. The van der Waals surface area contributed by atoms with Crippen LogP contribution < -0.4 is 15.8 Å². The van der Waals surface area contributed by atoms with Gasteiger partial charge in [-0.25, -0.2) is 9.50 Å². The molecule has 1 saturated carbocycles. The number of carbonyl (C=O) groups excluding carboxylic acids is 2. The number of fused-ring (bicyclic) bond motifs is 4. The van der Waals surface area contributed by atoms with Crippen molar-refractivity contribution in [2.45, 2.75) is 12.8 Å². The molecule has 9 heteroatoms. The van der Waals surface area contributed by atoms with E-state index in [4.69, 9.17) is 10.5 Å². The summed E-state index contributed by atoms with van der Waals surface area (Å²) in [5.74, 6) is 0.978. The van der Waals surface area contributed by atoms with E-state index in [0.29, 0.717) is 49.0 Å². The average Bonchev–Trinajstić information content (AvgIpc) is 3.50. The molecule has 9 nitrogen and oxygen atoms in total. The summed E-state index contributed by atoms with van der Waals surface area (Å²) >= 11 is 0. The Morgan fingerprint density at radius 1 is 1.20 bits per heavy atom. The second kappa shape index (κ2) is 7.33. The van der Waals surface area contributed by atoms with Crippen molar-refractivity contribution in [3.63, 3.8) is 0 Å². The number of nitrogens with two attached hydrogens (primary N) is 1. The SMILES string of the molecule is NC(=O)c1cc2cc(c1)-c1cnn3ccc(nc13)NCCN(C(=O)C1CC1)CCO2. The van der Waals surface area contributed by atoms with Gasteiger partial charge in [0.05, 0.1) is 12.7 Å². The molecule has 2 amide bonds. The normalized spacial score (nSPS) is 16.6. The highest BCUT2D eigenvalue weighted by atomic mass is 16.5. The molecular formula is C21H22N6O3. The van der Waals surface area contributed by atoms with Crippen LogP contribution in [0.1, 0.15) is 23.2 Å². The van der Waals surface area contributed by atoms with E-state index in [1.165, 1.54) is 0 Å². The number of nitrogens with one attached hydrogen (secondary N) is 1. The van der Waals surface area contributed by atoms with Gasteiger partial charge in [0.15, 0.2) is 5.65 Å². The predicted octanol–water partition coefficient (Wildman–Crippen LogP) is 1.54. The van der Waals surface area contributed by atoms with Crippen molar-refractivity contribution in [3.8, 4) is 16.9 Å². The lowest BCUT2D eigenvalue weighted by Crippen LogP contribution is -2.39. The van der Waals surface area contributed by atoms with Gasteiger partial charge >= 0.3 is 0 Å². The Kier molecular flexibility index (Phi) is 4.50. The summed E-state index contributed by atoms with van der Waals surface area (Å²) in [6.07, 6.45) is 5.44. The molecule has 0 unspecified atom stereocenters. The van der Waals surface area contributed by atoms with Gasteiger partial charge in [0.25, 0.3) is 0 Å². The third-order valence-corrected chi connectivity index (χ3v) is 5.43. The number of ether oxygens (including phenoxy) is 1. The zero-order valence-corrected chi connectivity index (χ0v) is 16.4. The van der Waals surface area contributed by atoms with Crippen molar-refractivity contribution in [3.05, 3.63) is 42.2 Å². The molecule has 1 aliphatic heterocycles. The Morgan fingerprint density at radius 3 is 2.87 bits per heavy atom. The summed E-state index contributed by atoms with van der Waals surface area (Å²) in [7, 11) is 0. The summed E-state index contributed by atoms with van der Waals surface area (Å²) in [5.41, 5.74) is 8.04. The van der Waals surface area contributed by atoms with E-state index in [1.54, 1.807) is 22.8 Å². The Balaban J connectivity index is 1.56. The van der Waals surface area contributed by atoms with Crippen LogP contribution in [0.4, 0.5) is 5.82 Å². The molecular weight excluding hydrogens is 384 g/mol. The molecule has 3 N–H and O–H groups in total. The molecule has 4 bridgehead atoms. The van der Waals surface area contributed by atoms with Crippen LogP contribution in [0.5, 0.6) is 5.75 Å². The first kappa shape index (κ1) is 18.4. The minimum atomic E-state index is -0.542. The molecule has 2 aliphatic rings. The molecule has 1 fully saturated rings. The van der Waals surface area contributed by atoms with Crippen molar-refractivity contribution in [2.24, 2.45) is 11.7 Å². The highest BCUT2D eigenvalue weighted by Gasteiger charge is 2.33. The summed E-state index contributed by atoms with van der Waals surface area (Å²) < 4.78 is 7.59. The summed E-state index contributed by atoms with van der Waals surface area (Å²) in [6.45, 7) is 1.94. The van der Waals surface area contributed by atoms with Crippen LogP contribution >= 0.6 is 0 Å². The third kappa shape index (κ3) is 3.54. The summed E-state index contributed by atoms with van der Waals surface area (Å²) in [4.78, 5) is 31.0. The Morgan fingerprint density at radius 2 is 2.07 bits per heavy atom. The number of anilines is 1. The molecule has 1 aliphatic carbocycles. The summed E-state index contributed by atoms with van der Waals surface area (Å²) in [5, 5.41) is 7.65. The third-order valence-electron chi connectivity index (χ3n) is 5.43. The van der Waals surface area contributed by atoms with E-state index in [1.807, 2.05) is 23.2 Å². The molecule has 0 radical (unpaired) electrons. The van der Waals surface area contributed by atoms with Crippen LogP contribution in [0.3, 0.4) is 0 Å². The Hall–Kier alpha value is -3.62. The van der Waals surface area contributed by atoms with Gasteiger partial charge in [0.2, 0.25) is 11.8 Å². The zero-order valence-electron chi connectivity index (χ0n) is 16.4. The zero-order chi connectivity index (χ0) is 20.7. The van der Waals surface area contributed by atoms with Gasteiger partial charge in [-0.1, -0.05) is 0 Å². The van der Waals surface area contributed by atoms with Gasteiger partial charge in [-0.15, -0.1) is 0 Å². The fraction of sp³-hybridized carbons (Fsp3) is 0.333. The molecule has 2 aromatic heterocycles. The second-order valence-corrected chi connectivity index (χ2v) is 7.62. The number of primary amides is 1. The molecule has 3 heterocycles. The molecule has 5 rings (SSSR count). The largest absolute Gasteiger partial charge is 0.492 e. The average molecular weight is 406 g/mol. The molecule has 154 valence electrons. The number of benzene rings is 1. The number of hydrogen-bond acceptors (Lipinski definition) is 6. The van der Waals surface area contributed by atoms with Crippen LogP contribution in [0.25, 0.3) is 16.8 Å². The number of rotatable bonds is 2. The van der Waals surface area contributed by atoms with Gasteiger partial charge in [-0.05, 0) is 42.7 Å². The number of amides is 2. The lowest BCUT2D eigenvalue weighted by molar-refractivity contribution is -0.132. The predicted molar refractivity (Wildman–Crippen MR) is 110 cm³/mol. The number of carbonyl (C=O) groups is 2. The monoisotopic (exact) mass is 406 g/mol. The first-order valence-electron chi connectivity index (χ1n) is 10.0. The number of nitrogens with zero attached hydrogens (tertiary/aromatic N) is 4. The van der Waals surface area contributed by atoms with E-state index in [0.717, 1.165) is 24.0 Å². The van der Waals surface area contributed by atoms with Crippen LogP contribution in [0, 0.1) is 5.92 Å². The molecule has 3 aromatic rings. The Bertz CT molecular complexity index is 1140. The molecule has 0 spiro atoms. The van der Waals surface area contributed by atoms with Crippen molar-refractivity contribution in [2.75, 3.05) is 31.6 Å². The van der Waals surface area contributed by atoms with Crippen LogP contribution in [-0.2, 0) is 4.79 Å². The smallest absolute Gasteiger partial charge is 0.248 e. The van der Waals surface area contributed by atoms with E-state index in [-0.39, 0.29) is 11.8 Å². The Labute approximate surface area is 172 Å². The highest BCUT2D eigenvalue weighted by molar-refractivity contribution is 5.95. The van der Waals surface area contributed by atoms with Gasteiger partial charge in [0, 0.05) is 36.3 Å². The van der Waals surface area contributed by atoms with Crippen LogP contribution in [0.15, 0.2) is 36.7 Å². The van der Waals surface area contributed by atoms with Gasteiger partial charge in [-0.2, -0.15) is 5.10 Å². The van der Waals surface area contributed by atoms with Gasteiger partial charge in [-0.3, -0.25) is 9.59 Å². The molecule has 0 saturated heterocycles. The van der Waals surface area contributed by atoms with Gasteiger partial charge < -0.3 is 20.7 Å². The van der Waals surface area contributed by atoms with Gasteiger partial charge in [0.1, 0.15) is 18.2 Å². The number of aromatic nitrogens is 3. The maximum Gasteiger partial charge on any atom is 0.248 e. The maximum absolute atomic E-state index is 12.6. The first-order chi connectivity index (χ1) is 14.6. The van der Waals surface area contributed by atoms with E-state index < -0.39 is 5.91 Å². The van der Waals surface area contributed by atoms with Crippen molar-refractivity contribution >= 4 is 23.3 Å². The minimum Gasteiger partial charge on any atom is -0.492 e. The van der Waals surface area contributed by atoms with E-state index in [9.17, 15) is 9.59 Å². The van der Waals surface area contributed by atoms with E-state index in [2.05, 4.69) is 15.4 Å². The molecule has 1 aromatic carbocycles. The lowest BCUT2D eigenvalue weighted by Gasteiger charge is -2.23. The van der Waals surface area contributed by atoms with Crippen LogP contribution in [-0.4, -0.2) is 57.6 Å². The minimum absolute atomic E-state index is 0.137. The van der Waals surface area contributed by atoms with Crippen molar-refractivity contribution < 1.29 is 14.3 Å². The van der Waals surface area contributed by atoms with Crippen molar-refractivity contribution in [1.82, 2.24) is 19.5 Å².